The molecule has 6 nitrogen and oxygen atoms in total. The van der Waals surface area contributed by atoms with Gasteiger partial charge in [-0.15, -0.1) is 0 Å². The first-order valence-electron chi connectivity index (χ1n) is 6.83. The second-order valence-electron chi connectivity index (χ2n) is 4.92. The number of aromatic nitrogens is 1. The molecule has 3 rings (SSSR count). The molecule has 0 spiro atoms. The molecule has 2 aromatic rings. The van der Waals surface area contributed by atoms with Gasteiger partial charge in [-0.3, -0.25) is 9.36 Å². The number of amides is 1. The maximum Gasteiger partial charge on any atom is 0.420 e. The van der Waals surface area contributed by atoms with Gasteiger partial charge in [-0.25, -0.2) is 4.79 Å². The summed E-state index contributed by atoms with van der Waals surface area (Å²) in [5.41, 5.74) is 1.11. The molecule has 0 saturated carbocycles. The molecule has 1 aromatic heterocycles. The fourth-order valence-electron chi connectivity index (χ4n) is 2.44. The molecule has 21 heavy (non-hydrogen) atoms. The summed E-state index contributed by atoms with van der Waals surface area (Å²) in [6.45, 7) is 1.31. The van der Waals surface area contributed by atoms with Crippen molar-refractivity contribution in [1.82, 2.24) is 9.88 Å². The summed E-state index contributed by atoms with van der Waals surface area (Å²) in [6, 6.07) is 5.02. The lowest BCUT2D eigenvalue weighted by molar-refractivity contribution is -0.130. The number of hydrogen-bond acceptors (Lipinski definition) is 4. The van der Waals surface area contributed by atoms with Gasteiger partial charge < -0.3 is 14.5 Å². The van der Waals surface area contributed by atoms with Gasteiger partial charge in [-0.2, -0.15) is 0 Å². The van der Waals surface area contributed by atoms with Crippen molar-refractivity contribution in [1.29, 1.82) is 0 Å². The lowest BCUT2D eigenvalue weighted by Crippen LogP contribution is -2.36. The molecule has 2 heterocycles. The Morgan fingerprint density at radius 3 is 3.10 bits per heavy atom. The van der Waals surface area contributed by atoms with Gasteiger partial charge in [0.15, 0.2) is 5.58 Å². The Labute approximate surface area is 125 Å². The van der Waals surface area contributed by atoms with E-state index in [-0.39, 0.29) is 12.0 Å². The highest BCUT2D eigenvalue weighted by Gasteiger charge is 2.23. The number of carbonyl (C=O) groups excluding carboxylic acids is 1. The standard InChI is InChI=1S/C14H15ClN2O4/c15-9-3-4-10-12(8-9)21-14(19)17(10)6-5-16-13(18)11-2-1-7-20-11/h3-4,8,11H,1-2,5-7H2,(H,16,18)/t11-/m1/s1. The third-order valence-corrected chi connectivity index (χ3v) is 3.72. The van der Waals surface area contributed by atoms with Gasteiger partial charge >= 0.3 is 5.76 Å². The number of ether oxygens (including phenoxy) is 1. The van der Waals surface area contributed by atoms with E-state index in [1.54, 1.807) is 18.2 Å². The normalized spacial score (nSPS) is 18.2. The van der Waals surface area contributed by atoms with Crippen LogP contribution in [0.15, 0.2) is 27.4 Å². The summed E-state index contributed by atoms with van der Waals surface area (Å²) in [6.07, 6.45) is 1.30. The van der Waals surface area contributed by atoms with Crippen molar-refractivity contribution in [3.8, 4) is 0 Å². The largest absolute Gasteiger partial charge is 0.420 e. The molecule has 1 amide bonds. The van der Waals surface area contributed by atoms with Gasteiger partial charge in [0.2, 0.25) is 5.91 Å². The molecule has 0 aliphatic carbocycles. The predicted octanol–water partition coefficient (Wildman–Crippen LogP) is 1.54. The van der Waals surface area contributed by atoms with Gasteiger partial charge in [-0.05, 0) is 25.0 Å². The van der Waals surface area contributed by atoms with Crippen LogP contribution < -0.4 is 11.1 Å². The lowest BCUT2D eigenvalue weighted by Gasteiger charge is -2.10. The van der Waals surface area contributed by atoms with Crippen LogP contribution in [0.2, 0.25) is 5.02 Å². The van der Waals surface area contributed by atoms with Crippen molar-refractivity contribution in [2.24, 2.45) is 0 Å². The molecule has 7 heteroatoms. The van der Waals surface area contributed by atoms with E-state index in [0.29, 0.717) is 35.8 Å². The van der Waals surface area contributed by atoms with Crippen LogP contribution in [0.3, 0.4) is 0 Å². The van der Waals surface area contributed by atoms with E-state index in [1.165, 1.54) is 4.57 Å². The highest BCUT2D eigenvalue weighted by molar-refractivity contribution is 6.31. The summed E-state index contributed by atoms with van der Waals surface area (Å²) in [7, 11) is 0. The maximum atomic E-state index is 11.8. The van der Waals surface area contributed by atoms with Crippen LogP contribution in [-0.4, -0.2) is 29.7 Å². The molecule has 1 N–H and O–H groups in total. The van der Waals surface area contributed by atoms with Crippen molar-refractivity contribution < 1.29 is 13.9 Å². The Hall–Kier alpha value is -1.79. The average molecular weight is 311 g/mol. The number of benzene rings is 1. The molecular weight excluding hydrogens is 296 g/mol. The van der Waals surface area contributed by atoms with Crippen molar-refractivity contribution in [3.63, 3.8) is 0 Å². The first-order valence-corrected chi connectivity index (χ1v) is 7.21. The Balaban J connectivity index is 1.66. The molecule has 0 bridgehead atoms. The van der Waals surface area contributed by atoms with Crippen LogP contribution in [-0.2, 0) is 16.1 Å². The first-order chi connectivity index (χ1) is 10.1. The highest BCUT2D eigenvalue weighted by atomic mass is 35.5. The van der Waals surface area contributed by atoms with Gasteiger partial charge in [0.1, 0.15) is 6.10 Å². The summed E-state index contributed by atoms with van der Waals surface area (Å²) in [5, 5.41) is 3.28. The molecular formula is C14H15ClN2O4. The van der Waals surface area contributed by atoms with E-state index in [9.17, 15) is 9.59 Å². The van der Waals surface area contributed by atoms with Gasteiger partial charge in [0.25, 0.3) is 0 Å². The predicted molar refractivity (Wildman–Crippen MR) is 77.5 cm³/mol. The summed E-state index contributed by atoms with van der Waals surface area (Å²) in [5.74, 6) is -0.588. The van der Waals surface area contributed by atoms with E-state index in [4.69, 9.17) is 20.8 Å². The van der Waals surface area contributed by atoms with E-state index in [2.05, 4.69) is 5.32 Å². The molecule has 1 saturated heterocycles. The number of nitrogens with zero attached hydrogens (tertiary/aromatic N) is 1. The fraction of sp³-hybridized carbons (Fsp3) is 0.429. The number of rotatable bonds is 4. The van der Waals surface area contributed by atoms with E-state index >= 15 is 0 Å². The number of nitrogens with one attached hydrogen (secondary N) is 1. The average Bonchev–Trinajstić information content (AvgIpc) is 3.07. The molecule has 1 aromatic carbocycles. The van der Waals surface area contributed by atoms with E-state index in [1.807, 2.05) is 0 Å². The Kier molecular flexibility index (Phi) is 3.98. The summed E-state index contributed by atoms with van der Waals surface area (Å²) in [4.78, 5) is 23.6. The Morgan fingerprint density at radius 1 is 1.48 bits per heavy atom. The minimum Gasteiger partial charge on any atom is -0.408 e. The summed E-state index contributed by atoms with van der Waals surface area (Å²) < 4.78 is 11.9. The van der Waals surface area contributed by atoms with Crippen LogP contribution in [0.4, 0.5) is 0 Å². The van der Waals surface area contributed by atoms with E-state index in [0.717, 1.165) is 12.8 Å². The fourth-order valence-corrected chi connectivity index (χ4v) is 2.60. The second-order valence-corrected chi connectivity index (χ2v) is 5.36. The van der Waals surface area contributed by atoms with Gasteiger partial charge in [0, 0.05) is 30.8 Å². The highest BCUT2D eigenvalue weighted by Crippen LogP contribution is 2.18. The molecule has 0 radical (unpaired) electrons. The van der Waals surface area contributed by atoms with Crippen molar-refractivity contribution in [3.05, 3.63) is 33.8 Å². The van der Waals surface area contributed by atoms with Crippen molar-refractivity contribution >= 4 is 28.6 Å². The number of carbonyl (C=O) groups is 1. The van der Waals surface area contributed by atoms with Gasteiger partial charge in [-0.1, -0.05) is 11.6 Å². The van der Waals surface area contributed by atoms with Crippen LogP contribution in [0.25, 0.3) is 11.1 Å². The lowest BCUT2D eigenvalue weighted by atomic mass is 10.2. The number of oxazole rings is 1. The molecule has 1 atom stereocenters. The minimum atomic E-state index is -0.460. The minimum absolute atomic E-state index is 0.128. The quantitative estimate of drug-likeness (QED) is 0.929. The third-order valence-electron chi connectivity index (χ3n) is 3.49. The second kappa shape index (κ2) is 5.91. The molecule has 1 fully saturated rings. The molecule has 1 aliphatic rings. The van der Waals surface area contributed by atoms with Crippen LogP contribution in [0, 0.1) is 0 Å². The Morgan fingerprint density at radius 2 is 2.33 bits per heavy atom. The maximum absolute atomic E-state index is 11.8. The topological polar surface area (TPSA) is 73.5 Å². The van der Waals surface area contributed by atoms with Crippen molar-refractivity contribution in [2.75, 3.05) is 13.2 Å². The number of fused-ring (bicyclic) bond motifs is 1. The van der Waals surface area contributed by atoms with E-state index < -0.39 is 5.76 Å². The number of hydrogen-bond donors (Lipinski definition) is 1. The first kappa shape index (κ1) is 14.2. The van der Waals surface area contributed by atoms with Crippen LogP contribution in [0.1, 0.15) is 12.8 Å². The summed E-state index contributed by atoms with van der Waals surface area (Å²) >= 11 is 5.86. The molecule has 1 aliphatic heterocycles. The zero-order chi connectivity index (χ0) is 14.8. The monoisotopic (exact) mass is 310 g/mol. The SMILES string of the molecule is O=C(NCCn1c(=O)oc2cc(Cl)ccc21)[C@H]1CCCO1. The number of halogens is 1. The zero-order valence-electron chi connectivity index (χ0n) is 11.3. The van der Waals surface area contributed by atoms with Crippen molar-refractivity contribution in [2.45, 2.75) is 25.5 Å². The van der Waals surface area contributed by atoms with Crippen LogP contribution in [0.5, 0.6) is 0 Å². The van der Waals surface area contributed by atoms with Gasteiger partial charge in [0.05, 0.1) is 5.52 Å². The zero-order valence-corrected chi connectivity index (χ0v) is 12.1. The Bertz CT molecular complexity index is 715. The molecule has 0 unspecified atom stereocenters. The third kappa shape index (κ3) is 2.96. The molecule has 112 valence electrons. The smallest absolute Gasteiger partial charge is 0.408 e. The van der Waals surface area contributed by atoms with Crippen LogP contribution >= 0.6 is 11.6 Å².